The number of hydrogen-bond donors (Lipinski definition) is 2. The predicted molar refractivity (Wildman–Crippen MR) is 64.2 cm³/mol. The number of carbonyl (C=O) groups is 1. The number of nitrogens with one attached hydrogen (secondary N) is 1. The zero-order chi connectivity index (χ0) is 14.6. The maximum Gasteiger partial charge on any atom is 0.433 e. The number of aromatic carboxylic acids is 1. The van der Waals surface area contributed by atoms with Crippen molar-refractivity contribution in [1.29, 1.82) is 0 Å². The van der Waals surface area contributed by atoms with E-state index >= 15 is 0 Å². The number of rotatable bonds is 5. The van der Waals surface area contributed by atoms with E-state index in [0.29, 0.717) is 18.9 Å². The van der Waals surface area contributed by atoms with E-state index in [9.17, 15) is 18.0 Å². The summed E-state index contributed by atoms with van der Waals surface area (Å²) >= 11 is 0. The van der Waals surface area contributed by atoms with Gasteiger partial charge in [-0.2, -0.15) is 13.2 Å². The van der Waals surface area contributed by atoms with Crippen LogP contribution in [0.25, 0.3) is 0 Å². The third kappa shape index (κ3) is 4.11. The molecule has 0 spiro atoms. The molecule has 0 saturated carbocycles. The molecule has 0 atom stereocenters. The van der Waals surface area contributed by atoms with Gasteiger partial charge in [0.25, 0.3) is 0 Å². The Morgan fingerprint density at radius 2 is 1.95 bits per heavy atom. The maximum absolute atomic E-state index is 12.6. The number of nitrogens with zero attached hydrogens (tertiary/aromatic N) is 1. The molecule has 1 heterocycles. The lowest BCUT2D eigenvalue weighted by Gasteiger charge is -2.17. The van der Waals surface area contributed by atoms with Crippen LogP contribution in [0, 0.1) is 0 Å². The lowest BCUT2D eigenvalue weighted by Crippen LogP contribution is -2.20. The number of hydrogen-bond acceptors (Lipinski definition) is 3. The van der Waals surface area contributed by atoms with E-state index in [0.717, 1.165) is 6.07 Å². The molecule has 19 heavy (non-hydrogen) atoms. The van der Waals surface area contributed by atoms with Gasteiger partial charge in [-0.15, -0.1) is 0 Å². The van der Waals surface area contributed by atoms with E-state index in [2.05, 4.69) is 10.3 Å². The van der Waals surface area contributed by atoms with Gasteiger partial charge in [0.2, 0.25) is 0 Å². The zero-order valence-electron chi connectivity index (χ0n) is 10.6. The minimum atomic E-state index is -4.67. The summed E-state index contributed by atoms with van der Waals surface area (Å²) in [5.41, 5.74) is -1.64. The summed E-state index contributed by atoms with van der Waals surface area (Å²) in [5, 5.41) is 11.6. The van der Waals surface area contributed by atoms with E-state index in [-0.39, 0.29) is 11.9 Å². The number of carboxylic acid groups (broad SMARTS) is 1. The highest BCUT2D eigenvalue weighted by Gasteiger charge is 2.34. The molecular weight excluding hydrogens is 261 g/mol. The van der Waals surface area contributed by atoms with Crippen molar-refractivity contribution in [3.05, 3.63) is 23.4 Å². The quantitative estimate of drug-likeness (QED) is 0.865. The fourth-order valence-corrected chi connectivity index (χ4v) is 1.58. The van der Waals surface area contributed by atoms with E-state index in [1.165, 1.54) is 0 Å². The number of anilines is 1. The highest BCUT2D eigenvalue weighted by atomic mass is 19.4. The van der Waals surface area contributed by atoms with Crippen molar-refractivity contribution < 1.29 is 23.1 Å². The monoisotopic (exact) mass is 276 g/mol. The van der Waals surface area contributed by atoms with Gasteiger partial charge in [-0.05, 0) is 25.0 Å². The third-order valence-corrected chi connectivity index (χ3v) is 2.70. The van der Waals surface area contributed by atoms with Gasteiger partial charge in [0.15, 0.2) is 0 Å². The molecule has 0 bridgehead atoms. The summed E-state index contributed by atoms with van der Waals surface area (Å²) in [6.45, 7) is 3.76. The first kappa shape index (κ1) is 15.3. The first-order chi connectivity index (χ1) is 8.77. The first-order valence-electron chi connectivity index (χ1n) is 5.87. The Morgan fingerprint density at radius 3 is 2.37 bits per heavy atom. The number of pyridine rings is 1. The summed E-state index contributed by atoms with van der Waals surface area (Å²) in [6, 6.07) is 1.59. The number of halogens is 3. The second-order valence-corrected chi connectivity index (χ2v) is 4.09. The van der Waals surface area contributed by atoms with Crippen LogP contribution in [0.4, 0.5) is 19.0 Å². The van der Waals surface area contributed by atoms with Crippen molar-refractivity contribution >= 4 is 11.8 Å². The molecule has 1 aromatic rings. The summed E-state index contributed by atoms with van der Waals surface area (Å²) < 4.78 is 37.9. The van der Waals surface area contributed by atoms with Crippen molar-refractivity contribution in [3.63, 3.8) is 0 Å². The molecular formula is C12H15F3N2O2. The van der Waals surface area contributed by atoms with Crippen LogP contribution in [0.3, 0.4) is 0 Å². The van der Waals surface area contributed by atoms with Crippen molar-refractivity contribution in [2.24, 2.45) is 0 Å². The standard InChI is InChI=1S/C12H15F3N2O2/c1-3-8(4-2)16-10-6-7(11(18)19)5-9(17-10)12(13,14)15/h5-6,8H,3-4H2,1-2H3,(H,16,17)(H,18,19). The molecule has 0 aliphatic rings. The predicted octanol–water partition coefficient (Wildman–Crippen LogP) is 3.40. The maximum atomic E-state index is 12.6. The molecule has 1 rings (SSSR count). The van der Waals surface area contributed by atoms with Gasteiger partial charge in [0.1, 0.15) is 11.5 Å². The van der Waals surface area contributed by atoms with Crippen LogP contribution in [0.1, 0.15) is 42.7 Å². The van der Waals surface area contributed by atoms with Gasteiger partial charge in [0, 0.05) is 6.04 Å². The Hall–Kier alpha value is -1.79. The Kier molecular flexibility index (Phi) is 4.74. The first-order valence-corrected chi connectivity index (χ1v) is 5.87. The Labute approximate surface area is 108 Å². The summed E-state index contributed by atoms with van der Waals surface area (Å²) in [7, 11) is 0. The van der Waals surface area contributed by atoms with Gasteiger partial charge < -0.3 is 10.4 Å². The molecule has 0 aliphatic carbocycles. The molecule has 0 saturated heterocycles. The van der Waals surface area contributed by atoms with Gasteiger partial charge in [0.05, 0.1) is 5.56 Å². The van der Waals surface area contributed by atoms with Crippen LogP contribution in [0.5, 0.6) is 0 Å². The lowest BCUT2D eigenvalue weighted by molar-refractivity contribution is -0.141. The van der Waals surface area contributed by atoms with Crippen molar-refractivity contribution in [2.45, 2.75) is 38.9 Å². The number of carboxylic acids is 1. The van der Waals surface area contributed by atoms with E-state index in [1.54, 1.807) is 0 Å². The van der Waals surface area contributed by atoms with Gasteiger partial charge in [-0.3, -0.25) is 0 Å². The lowest BCUT2D eigenvalue weighted by atomic mass is 10.1. The molecule has 0 amide bonds. The van der Waals surface area contributed by atoms with E-state index in [1.807, 2.05) is 13.8 Å². The summed E-state index contributed by atoms with van der Waals surface area (Å²) in [6.07, 6.45) is -3.26. The average molecular weight is 276 g/mol. The van der Waals surface area contributed by atoms with Gasteiger partial charge in [-0.25, -0.2) is 9.78 Å². The van der Waals surface area contributed by atoms with Crippen LogP contribution in [-0.2, 0) is 6.18 Å². The average Bonchev–Trinajstić information content (AvgIpc) is 2.34. The Bertz CT molecular complexity index is 457. The Balaban J connectivity index is 3.17. The fraction of sp³-hybridized carbons (Fsp3) is 0.500. The molecule has 0 aliphatic heterocycles. The van der Waals surface area contributed by atoms with Crippen molar-refractivity contribution in [3.8, 4) is 0 Å². The van der Waals surface area contributed by atoms with Gasteiger partial charge in [-0.1, -0.05) is 13.8 Å². The van der Waals surface area contributed by atoms with Crippen molar-refractivity contribution in [2.75, 3.05) is 5.32 Å². The van der Waals surface area contributed by atoms with Crippen LogP contribution >= 0.6 is 0 Å². The molecule has 2 N–H and O–H groups in total. The molecule has 0 fully saturated rings. The van der Waals surface area contributed by atoms with Gasteiger partial charge >= 0.3 is 12.1 Å². The smallest absolute Gasteiger partial charge is 0.433 e. The topological polar surface area (TPSA) is 62.2 Å². The summed E-state index contributed by atoms with van der Waals surface area (Å²) in [5.74, 6) is -1.48. The minimum Gasteiger partial charge on any atom is -0.478 e. The van der Waals surface area contributed by atoms with Crippen molar-refractivity contribution in [1.82, 2.24) is 4.98 Å². The highest BCUT2D eigenvalue weighted by molar-refractivity contribution is 5.88. The normalized spacial score (nSPS) is 11.7. The van der Waals surface area contributed by atoms with Crippen LogP contribution < -0.4 is 5.32 Å². The number of alkyl halides is 3. The van der Waals surface area contributed by atoms with Crippen LogP contribution in [0.2, 0.25) is 0 Å². The van der Waals surface area contributed by atoms with Crippen LogP contribution in [0.15, 0.2) is 12.1 Å². The van der Waals surface area contributed by atoms with E-state index < -0.39 is 23.4 Å². The Morgan fingerprint density at radius 1 is 1.37 bits per heavy atom. The molecule has 0 aromatic carbocycles. The second-order valence-electron chi connectivity index (χ2n) is 4.09. The molecule has 106 valence electrons. The molecule has 4 nitrogen and oxygen atoms in total. The zero-order valence-corrected chi connectivity index (χ0v) is 10.6. The third-order valence-electron chi connectivity index (χ3n) is 2.70. The SMILES string of the molecule is CCC(CC)Nc1cc(C(=O)O)cc(C(F)(F)F)n1. The molecule has 0 unspecified atom stereocenters. The minimum absolute atomic E-state index is 0.0439. The van der Waals surface area contributed by atoms with Crippen LogP contribution in [-0.4, -0.2) is 22.1 Å². The molecule has 1 aromatic heterocycles. The summed E-state index contributed by atoms with van der Waals surface area (Å²) in [4.78, 5) is 14.3. The molecule has 7 heteroatoms. The van der Waals surface area contributed by atoms with E-state index in [4.69, 9.17) is 5.11 Å². The highest BCUT2D eigenvalue weighted by Crippen LogP contribution is 2.29. The fourth-order valence-electron chi connectivity index (χ4n) is 1.58. The molecule has 0 radical (unpaired) electrons. The second kappa shape index (κ2) is 5.90. The number of aromatic nitrogens is 1. The largest absolute Gasteiger partial charge is 0.478 e.